The lowest BCUT2D eigenvalue weighted by Crippen LogP contribution is -2.37. The Kier molecular flexibility index (Phi) is 4.21. The topological polar surface area (TPSA) is 64.3 Å². The number of aromatic nitrogens is 3. The van der Waals surface area contributed by atoms with Crippen LogP contribution in [0.3, 0.4) is 0 Å². The van der Waals surface area contributed by atoms with Gasteiger partial charge in [-0.1, -0.05) is 5.16 Å². The Morgan fingerprint density at radius 3 is 3.09 bits per heavy atom. The Bertz CT molecular complexity index is 768. The van der Waals surface area contributed by atoms with Crippen molar-refractivity contribution >= 4 is 22.7 Å². The van der Waals surface area contributed by atoms with Gasteiger partial charge in [0.1, 0.15) is 11.1 Å². The fourth-order valence-electron chi connectivity index (χ4n) is 2.53. The van der Waals surface area contributed by atoms with Gasteiger partial charge >= 0.3 is 0 Å². The van der Waals surface area contributed by atoms with Gasteiger partial charge in [0.15, 0.2) is 0 Å². The Balaban J connectivity index is 1.42. The predicted molar refractivity (Wildman–Crippen MR) is 88.4 cm³/mol. The molecule has 0 saturated carbocycles. The van der Waals surface area contributed by atoms with Crippen molar-refractivity contribution < 1.29 is 9.26 Å². The molecule has 0 spiro atoms. The van der Waals surface area contributed by atoms with E-state index in [1.807, 2.05) is 23.8 Å². The number of thiazole rings is 1. The van der Waals surface area contributed by atoms with Gasteiger partial charge in [-0.2, -0.15) is 16.3 Å². The molecule has 0 unspecified atom stereocenters. The SMILES string of the molecule is Cc1csc([C@@H]2CN(Cc3nc(-c4ccsc4)no3)CCO2)n1. The van der Waals surface area contributed by atoms with Crippen LogP contribution in [0.5, 0.6) is 0 Å². The third-order valence-electron chi connectivity index (χ3n) is 3.67. The quantitative estimate of drug-likeness (QED) is 0.722. The Morgan fingerprint density at radius 2 is 2.30 bits per heavy atom. The first-order valence-electron chi connectivity index (χ1n) is 7.39. The van der Waals surface area contributed by atoms with E-state index < -0.39 is 0 Å². The maximum Gasteiger partial charge on any atom is 0.241 e. The summed E-state index contributed by atoms with van der Waals surface area (Å²) in [6.07, 6.45) is 0.0294. The van der Waals surface area contributed by atoms with Crippen LogP contribution in [0.4, 0.5) is 0 Å². The normalized spacial score (nSPS) is 19.3. The number of nitrogens with zero attached hydrogens (tertiary/aromatic N) is 4. The highest BCUT2D eigenvalue weighted by atomic mass is 32.1. The van der Waals surface area contributed by atoms with E-state index in [2.05, 4.69) is 25.4 Å². The molecule has 0 aliphatic carbocycles. The molecule has 4 rings (SSSR count). The van der Waals surface area contributed by atoms with Gasteiger partial charge < -0.3 is 9.26 Å². The second kappa shape index (κ2) is 6.48. The second-order valence-corrected chi connectivity index (χ2v) is 7.12. The monoisotopic (exact) mass is 348 g/mol. The van der Waals surface area contributed by atoms with Crippen LogP contribution < -0.4 is 0 Å². The van der Waals surface area contributed by atoms with Crippen LogP contribution >= 0.6 is 22.7 Å². The minimum absolute atomic E-state index is 0.0294. The van der Waals surface area contributed by atoms with E-state index >= 15 is 0 Å². The molecule has 0 N–H and O–H groups in total. The lowest BCUT2D eigenvalue weighted by Gasteiger charge is -2.30. The van der Waals surface area contributed by atoms with Crippen molar-refractivity contribution in [2.24, 2.45) is 0 Å². The summed E-state index contributed by atoms with van der Waals surface area (Å²) in [7, 11) is 0. The molecular weight excluding hydrogens is 332 g/mol. The van der Waals surface area contributed by atoms with E-state index in [-0.39, 0.29) is 6.10 Å². The van der Waals surface area contributed by atoms with Crippen molar-refractivity contribution in [3.8, 4) is 11.4 Å². The number of rotatable bonds is 4. The Labute approximate surface area is 141 Å². The van der Waals surface area contributed by atoms with Gasteiger partial charge in [-0.3, -0.25) is 4.90 Å². The molecule has 1 fully saturated rings. The summed E-state index contributed by atoms with van der Waals surface area (Å²) in [5.41, 5.74) is 2.05. The van der Waals surface area contributed by atoms with Crippen LogP contribution in [0, 0.1) is 6.92 Å². The summed E-state index contributed by atoms with van der Waals surface area (Å²) < 4.78 is 11.2. The maximum atomic E-state index is 5.85. The fraction of sp³-hybridized carbons (Fsp3) is 0.400. The summed E-state index contributed by atoms with van der Waals surface area (Å²) in [6.45, 7) is 4.99. The van der Waals surface area contributed by atoms with Crippen LogP contribution in [0.2, 0.25) is 0 Å². The summed E-state index contributed by atoms with van der Waals surface area (Å²) in [5.74, 6) is 1.30. The standard InChI is InChI=1S/C15H16N4O2S2/c1-10-8-23-15(16-10)12-6-19(3-4-20-12)7-13-17-14(18-21-13)11-2-5-22-9-11/h2,5,8-9,12H,3-4,6-7H2,1H3/t12-/m0/s1. The van der Waals surface area contributed by atoms with Gasteiger partial charge in [-0.05, 0) is 18.4 Å². The van der Waals surface area contributed by atoms with Crippen molar-refractivity contribution in [2.45, 2.75) is 19.6 Å². The predicted octanol–water partition coefficient (Wildman–Crippen LogP) is 3.14. The van der Waals surface area contributed by atoms with Gasteiger partial charge in [0.25, 0.3) is 0 Å². The van der Waals surface area contributed by atoms with E-state index in [1.165, 1.54) is 0 Å². The maximum absolute atomic E-state index is 5.85. The molecule has 3 aromatic heterocycles. The van der Waals surface area contributed by atoms with E-state index in [0.29, 0.717) is 24.9 Å². The zero-order valence-corrected chi connectivity index (χ0v) is 14.3. The molecule has 0 aromatic carbocycles. The molecule has 1 aliphatic heterocycles. The van der Waals surface area contributed by atoms with Crippen LogP contribution in [0.25, 0.3) is 11.4 Å². The summed E-state index contributed by atoms with van der Waals surface area (Å²) in [6, 6.07) is 1.99. The molecule has 3 aromatic rings. The van der Waals surface area contributed by atoms with Crippen molar-refractivity contribution in [3.05, 3.63) is 38.8 Å². The lowest BCUT2D eigenvalue weighted by molar-refractivity contribution is -0.0357. The summed E-state index contributed by atoms with van der Waals surface area (Å²) in [4.78, 5) is 11.3. The Morgan fingerprint density at radius 1 is 1.35 bits per heavy atom. The van der Waals surface area contributed by atoms with Crippen LogP contribution in [-0.4, -0.2) is 39.7 Å². The highest BCUT2D eigenvalue weighted by molar-refractivity contribution is 7.09. The van der Waals surface area contributed by atoms with Crippen LogP contribution in [0.1, 0.15) is 22.7 Å². The summed E-state index contributed by atoms with van der Waals surface area (Å²) >= 11 is 3.28. The summed E-state index contributed by atoms with van der Waals surface area (Å²) in [5, 5.41) is 11.2. The van der Waals surface area contributed by atoms with Crippen molar-refractivity contribution in [3.63, 3.8) is 0 Å². The molecule has 1 atom stereocenters. The molecule has 8 heteroatoms. The number of aryl methyl sites for hydroxylation is 1. The van der Waals surface area contributed by atoms with Crippen molar-refractivity contribution in [2.75, 3.05) is 19.7 Å². The minimum Gasteiger partial charge on any atom is -0.368 e. The first-order chi connectivity index (χ1) is 11.3. The molecule has 1 saturated heterocycles. The second-order valence-electron chi connectivity index (χ2n) is 5.45. The molecule has 1 aliphatic rings. The zero-order valence-electron chi connectivity index (χ0n) is 12.6. The molecule has 0 bridgehead atoms. The van der Waals surface area contributed by atoms with E-state index in [1.54, 1.807) is 22.7 Å². The van der Waals surface area contributed by atoms with Gasteiger partial charge in [-0.15, -0.1) is 11.3 Å². The number of morpholine rings is 1. The van der Waals surface area contributed by atoms with Crippen LogP contribution in [-0.2, 0) is 11.3 Å². The largest absolute Gasteiger partial charge is 0.368 e. The van der Waals surface area contributed by atoms with E-state index in [9.17, 15) is 0 Å². The Hall–Kier alpha value is -1.61. The highest BCUT2D eigenvalue weighted by Gasteiger charge is 2.25. The van der Waals surface area contributed by atoms with Gasteiger partial charge in [0.2, 0.25) is 11.7 Å². The number of thiophene rings is 1. The van der Waals surface area contributed by atoms with Gasteiger partial charge in [0.05, 0.1) is 13.2 Å². The third kappa shape index (κ3) is 3.35. The average molecular weight is 348 g/mol. The smallest absolute Gasteiger partial charge is 0.241 e. The molecular formula is C15H16N4O2S2. The lowest BCUT2D eigenvalue weighted by atomic mass is 10.3. The van der Waals surface area contributed by atoms with Crippen LogP contribution in [0.15, 0.2) is 26.7 Å². The van der Waals surface area contributed by atoms with E-state index in [0.717, 1.165) is 29.4 Å². The first-order valence-corrected chi connectivity index (χ1v) is 9.21. The minimum atomic E-state index is 0.0294. The van der Waals surface area contributed by atoms with Crippen molar-refractivity contribution in [1.82, 2.24) is 20.0 Å². The average Bonchev–Trinajstić information content (AvgIpc) is 3.28. The first kappa shape index (κ1) is 14.9. The number of hydrogen-bond acceptors (Lipinski definition) is 8. The fourth-order valence-corrected chi connectivity index (χ4v) is 4.00. The third-order valence-corrected chi connectivity index (χ3v) is 5.41. The molecule has 23 heavy (non-hydrogen) atoms. The van der Waals surface area contributed by atoms with Gasteiger partial charge in [-0.25, -0.2) is 4.98 Å². The molecule has 4 heterocycles. The molecule has 120 valence electrons. The highest BCUT2D eigenvalue weighted by Crippen LogP contribution is 2.26. The molecule has 0 amide bonds. The van der Waals surface area contributed by atoms with Gasteiger partial charge in [0, 0.05) is 35.1 Å². The zero-order chi connectivity index (χ0) is 15.6. The number of hydrogen-bond donors (Lipinski definition) is 0. The van der Waals surface area contributed by atoms with Crippen molar-refractivity contribution in [1.29, 1.82) is 0 Å². The molecule has 6 nitrogen and oxygen atoms in total. The molecule has 0 radical (unpaired) electrons. The number of ether oxygens (including phenoxy) is 1. The van der Waals surface area contributed by atoms with E-state index in [4.69, 9.17) is 9.26 Å².